The van der Waals surface area contributed by atoms with Crippen LogP contribution in [-0.4, -0.2) is 30.3 Å². The van der Waals surface area contributed by atoms with E-state index in [1.807, 2.05) is 0 Å². The summed E-state index contributed by atoms with van der Waals surface area (Å²) in [6, 6.07) is 5.56. The molecule has 0 saturated carbocycles. The van der Waals surface area contributed by atoms with Crippen molar-refractivity contribution in [3.63, 3.8) is 0 Å². The minimum absolute atomic E-state index is 0.298. The van der Waals surface area contributed by atoms with E-state index < -0.39 is 43.1 Å². The smallest absolute Gasteiger partial charge is 0.296 e. The number of carbonyl (C=O) groups is 1. The van der Waals surface area contributed by atoms with E-state index in [2.05, 4.69) is 15.5 Å². The van der Waals surface area contributed by atoms with Crippen molar-refractivity contribution in [2.24, 2.45) is 0 Å². The van der Waals surface area contributed by atoms with Gasteiger partial charge in [0.05, 0.1) is 17.2 Å². The Kier molecular flexibility index (Phi) is 4.86. The average Bonchev–Trinajstić information content (AvgIpc) is 2.95. The summed E-state index contributed by atoms with van der Waals surface area (Å²) in [5, 5.41) is 16.9. The number of hydrogen-bond acceptors (Lipinski definition) is 7. The first-order valence-electron chi connectivity index (χ1n) is 6.06. The van der Waals surface area contributed by atoms with E-state index in [1.54, 1.807) is 0 Å². The van der Waals surface area contributed by atoms with Crippen molar-refractivity contribution in [1.82, 2.24) is 10.2 Å². The Hall–Kier alpha value is -2.52. The Bertz CT molecular complexity index is 916. The van der Waals surface area contributed by atoms with Gasteiger partial charge in [-0.3, -0.25) is 10.1 Å². The van der Waals surface area contributed by atoms with E-state index in [0.29, 0.717) is 11.3 Å². The molecule has 0 bridgehead atoms. The summed E-state index contributed by atoms with van der Waals surface area (Å²) in [5.41, 5.74) is -1.77. The minimum atomic E-state index is -4.73. The number of alkyl halides is 3. The van der Waals surface area contributed by atoms with Crippen LogP contribution in [0.2, 0.25) is 0 Å². The lowest BCUT2D eigenvalue weighted by atomic mass is 10.1. The number of benzene rings is 1. The third-order valence-electron chi connectivity index (χ3n) is 2.62. The molecule has 7 nitrogen and oxygen atoms in total. The normalized spacial score (nSPS) is 11.8. The maximum Gasteiger partial charge on any atom is 0.417 e. The zero-order chi connectivity index (χ0) is 18.0. The zero-order valence-corrected chi connectivity index (χ0v) is 13.2. The lowest BCUT2D eigenvalue weighted by molar-refractivity contribution is -0.137. The van der Waals surface area contributed by atoms with Crippen LogP contribution in [0.1, 0.15) is 15.9 Å². The number of hydrogen-bond donors (Lipinski definition) is 1. The number of rotatable bonds is 4. The second-order valence-corrected chi connectivity index (χ2v) is 7.43. The molecule has 1 amide bonds. The van der Waals surface area contributed by atoms with E-state index in [4.69, 9.17) is 5.26 Å². The van der Waals surface area contributed by atoms with Crippen molar-refractivity contribution in [2.45, 2.75) is 10.5 Å². The van der Waals surface area contributed by atoms with Crippen LogP contribution in [-0.2, 0) is 16.0 Å². The number of nitrogens with zero attached hydrogens (tertiary/aromatic N) is 3. The van der Waals surface area contributed by atoms with E-state index in [1.165, 1.54) is 12.1 Å². The van der Waals surface area contributed by atoms with E-state index in [9.17, 15) is 26.4 Å². The van der Waals surface area contributed by atoms with Crippen LogP contribution in [0.4, 0.5) is 18.3 Å². The van der Waals surface area contributed by atoms with Gasteiger partial charge in [0.2, 0.25) is 19.3 Å². The molecule has 0 unspecified atom stereocenters. The van der Waals surface area contributed by atoms with Crippen molar-refractivity contribution in [3.05, 3.63) is 35.4 Å². The van der Waals surface area contributed by atoms with Crippen LogP contribution in [0.15, 0.2) is 28.6 Å². The van der Waals surface area contributed by atoms with Crippen molar-refractivity contribution < 1.29 is 26.4 Å². The summed E-state index contributed by atoms with van der Waals surface area (Å²) in [4.78, 5) is 12.0. The molecule has 0 saturated heterocycles. The molecule has 0 aliphatic rings. The highest BCUT2D eigenvalue weighted by atomic mass is 32.2. The van der Waals surface area contributed by atoms with Gasteiger partial charge < -0.3 is 0 Å². The number of amides is 1. The van der Waals surface area contributed by atoms with Crippen LogP contribution in [0.5, 0.6) is 0 Å². The highest BCUT2D eigenvalue weighted by Crippen LogP contribution is 2.32. The fourth-order valence-electron chi connectivity index (χ4n) is 1.63. The van der Waals surface area contributed by atoms with Crippen LogP contribution in [0.3, 0.4) is 0 Å². The van der Waals surface area contributed by atoms with Gasteiger partial charge in [-0.2, -0.15) is 18.4 Å². The van der Waals surface area contributed by atoms with Gasteiger partial charge in [-0.15, -0.1) is 10.2 Å². The molecule has 0 aliphatic heterocycles. The maximum absolute atomic E-state index is 12.9. The molecule has 0 spiro atoms. The van der Waals surface area contributed by atoms with E-state index in [-0.39, 0.29) is 5.13 Å². The molecule has 1 heterocycles. The Labute approximate surface area is 137 Å². The number of aromatic nitrogens is 2. The Morgan fingerprint density at radius 3 is 2.58 bits per heavy atom. The monoisotopic (exact) mass is 376 g/mol. The summed E-state index contributed by atoms with van der Waals surface area (Å²) >= 11 is 0.442. The Morgan fingerprint density at radius 1 is 1.29 bits per heavy atom. The average molecular weight is 376 g/mol. The molecule has 0 fully saturated rings. The quantitative estimate of drug-likeness (QED) is 0.818. The van der Waals surface area contributed by atoms with Crippen LogP contribution >= 0.6 is 11.3 Å². The molecule has 0 radical (unpaired) electrons. The number of anilines is 1. The zero-order valence-electron chi connectivity index (χ0n) is 11.5. The van der Waals surface area contributed by atoms with E-state index in [0.717, 1.165) is 18.2 Å². The van der Waals surface area contributed by atoms with Crippen LogP contribution in [0, 0.1) is 11.3 Å². The first-order chi connectivity index (χ1) is 11.1. The molecule has 2 rings (SSSR count). The van der Waals surface area contributed by atoms with Crippen molar-refractivity contribution >= 4 is 32.2 Å². The SMILES string of the molecule is N#CCS(=O)(=O)c1nnc(NC(=O)c2ccccc2C(F)(F)F)s1. The van der Waals surface area contributed by atoms with Crippen molar-refractivity contribution in [2.75, 3.05) is 11.1 Å². The number of halogens is 3. The first-order valence-corrected chi connectivity index (χ1v) is 8.53. The van der Waals surface area contributed by atoms with Crippen LogP contribution in [0.25, 0.3) is 0 Å². The van der Waals surface area contributed by atoms with Gasteiger partial charge >= 0.3 is 6.18 Å². The minimum Gasteiger partial charge on any atom is -0.296 e. The summed E-state index contributed by atoms with van der Waals surface area (Å²) in [6.07, 6.45) is -4.73. The van der Waals surface area contributed by atoms with Crippen LogP contribution < -0.4 is 5.32 Å². The lowest BCUT2D eigenvalue weighted by Crippen LogP contribution is -2.18. The fourth-order valence-corrected chi connectivity index (χ4v) is 3.48. The highest BCUT2D eigenvalue weighted by molar-refractivity contribution is 7.93. The second-order valence-electron chi connectivity index (χ2n) is 4.29. The summed E-state index contributed by atoms with van der Waals surface area (Å²) in [6.45, 7) is 0. The summed E-state index contributed by atoms with van der Waals surface area (Å²) in [7, 11) is -3.97. The van der Waals surface area contributed by atoms with Gasteiger partial charge in [0.1, 0.15) is 5.75 Å². The molecular weight excluding hydrogens is 369 g/mol. The number of sulfone groups is 1. The molecule has 24 heavy (non-hydrogen) atoms. The highest BCUT2D eigenvalue weighted by Gasteiger charge is 2.35. The Morgan fingerprint density at radius 2 is 1.96 bits per heavy atom. The molecule has 1 aromatic carbocycles. The van der Waals surface area contributed by atoms with Gasteiger partial charge in [-0.25, -0.2) is 8.42 Å². The molecule has 1 aromatic heterocycles. The number of nitriles is 1. The summed E-state index contributed by atoms with van der Waals surface area (Å²) < 4.78 is 61.3. The number of carbonyl (C=O) groups excluding carboxylic acids is 1. The largest absolute Gasteiger partial charge is 0.417 e. The third kappa shape index (κ3) is 3.87. The number of nitrogens with one attached hydrogen (secondary N) is 1. The summed E-state index contributed by atoms with van der Waals surface area (Å²) in [5.74, 6) is -1.93. The standard InChI is InChI=1S/C12H7F3N4O3S2/c13-12(14,15)8-4-2-1-3-7(8)9(20)17-10-18-19-11(23-10)24(21,22)6-5-16/h1-4H,6H2,(H,17,18,20). The third-order valence-corrected chi connectivity index (χ3v) is 5.39. The van der Waals surface area contributed by atoms with Gasteiger partial charge in [0.15, 0.2) is 0 Å². The predicted molar refractivity (Wildman–Crippen MR) is 77.0 cm³/mol. The predicted octanol–water partition coefficient (Wildman–Crippen LogP) is 2.11. The first kappa shape index (κ1) is 17.8. The molecule has 126 valence electrons. The topological polar surface area (TPSA) is 113 Å². The maximum atomic E-state index is 12.9. The Balaban J connectivity index is 2.27. The molecule has 1 N–H and O–H groups in total. The molecule has 12 heteroatoms. The van der Waals surface area contributed by atoms with Gasteiger partial charge in [0.25, 0.3) is 5.91 Å². The van der Waals surface area contributed by atoms with Crippen molar-refractivity contribution in [1.29, 1.82) is 5.26 Å². The lowest BCUT2D eigenvalue weighted by Gasteiger charge is -2.11. The van der Waals surface area contributed by atoms with Gasteiger partial charge in [-0.1, -0.05) is 23.5 Å². The second kappa shape index (κ2) is 6.54. The molecular formula is C12H7F3N4O3S2. The van der Waals surface area contributed by atoms with Gasteiger partial charge in [-0.05, 0) is 12.1 Å². The molecule has 0 atom stereocenters. The van der Waals surface area contributed by atoms with Crippen molar-refractivity contribution in [3.8, 4) is 6.07 Å². The van der Waals surface area contributed by atoms with E-state index >= 15 is 0 Å². The molecule has 2 aromatic rings. The molecule has 0 aliphatic carbocycles. The van der Waals surface area contributed by atoms with Gasteiger partial charge in [0, 0.05) is 0 Å². The fraction of sp³-hybridized carbons (Fsp3) is 0.167.